The zero-order chi connectivity index (χ0) is 19.0. The molecular weight excluding hydrogens is 380 g/mol. The van der Waals surface area contributed by atoms with Crippen LogP contribution in [-0.4, -0.2) is 13.0 Å². The summed E-state index contributed by atoms with van der Waals surface area (Å²) in [5.74, 6) is 0. The van der Waals surface area contributed by atoms with E-state index in [1.54, 1.807) is 28.8 Å². The van der Waals surface area contributed by atoms with Gasteiger partial charge in [0.25, 0.3) is 10.0 Å². The Morgan fingerprint density at radius 2 is 1.85 bits per heavy atom. The molecule has 7 heteroatoms. The van der Waals surface area contributed by atoms with E-state index >= 15 is 0 Å². The number of aryl methyl sites for hydroxylation is 3. The molecule has 1 aliphatic rings. The molecule has 0 saturated heterocycles. The van der Waals surface area contributed by atoms with Crippen molar-refractivity contribution in [3.63, 3.8) is 0 Å². The van der Waals surface area contributed by atoms with Gasteiger partial charge in [0.15, 0.2) is 0 Å². The van der Waals surface area contributed by atoms with Crippen molar-refractivity contribution in [1.82, 2.24) is 4.57 Å². The Bertz CT molecular complexity index is 1160. The van der Waals surface area contributed by atoms with E-state index in [9.17, 15) is 13.2 Å². The average Bonchev–Trinajstić information content (AvgIpc) is 2.96. The van der Waals surface area contributed by atoms with Crippen LogP contribution in [0, 0.1) is 0 Å². The highest BCUT2D eigenvalue weighted by atomic mass is 32.2. The number of thiazole rings is 1. The Hall–Kier alpha value is -2.12. The summed E-state index contributed by atoms with van der Waals surface area (Å²) in [5.41, 5.74) is 3.71. The summed E-state index contributed by atoms with van der Waals surface area (Å²) in [6.07, 6.45) is 5.10. The van der Waals surface area contributed by atoms with Crippen LogP contribution in [-0.2, 0) is 29.4 Å². The van der Waals surface area contributed by atoms with Crippen molar-refractivity contribution >= 4 is 37.3 Å². The van der Waals surface area contributed by atoms with E-state index in [4.69, 9.17) is 0 Å². The molecule has 1 aromatic heterocycles. The van der Waals surface area contributed by atoms with Gasteiger partial charge < -0.3 is 0 Å². The van der Waals surface area contributed by atoms with Gasteiger partial charge in [0.2, 0.25) is 0 Å². The minimum Gasteiger partial charge on any atom is -0.299 e. The first-order valence-electron chi connectivity index (χ1n) is 9.26. The fourth-order valence-corrected chi connectivity index (χ4v) is 5.71. The van der Waals surface area contributed by atoms with Crippen LogP contribution in [0.5, 0.6) is 0 Å². The fourth-order valence-electron chi connectivity index (χ4n) is 3.66. The summed E-state index contributed by atoms with van der Waals surface area (Å²) in [7, 11) is -3.66. The Labute approximate surface area is 162 Å². The van der Waals surface area contributed by atoms with E-state index in [2.05, 4.69) is 4.72 Å². The summed E-state index contributed by atoms with van der Waals surface area (Å²) >= 11 is 1.15. The van der Waals surface area contributed by atoms with E-state index in [0.717, 1.165) is 59.2 Å². The molecule has 0 fully saturated rings. The van der Waals surface area contributed by atoms with Gasteiger partial charge in [-0.25, -0.2) is 8.42 Å². The lowest BCUT2D eigenvalue weighted by Crippen LogP contribution is -2.14. The quantitative estimate of drug-likeness (QED) is 0.697. The highest BCUT2D eigenvalue weighted by Gasteiger charge is 2.18. The lowest BCUT2D eigenvalue weighted by Gasteiger charge is -2.17. The standard InChI is InChI=1S/C20H22N2O3S2/c1-2-11-22-18-10-8-16(13-19(18)26-20(22)23)21-27(24,25)17-9-7-14-5-3-4-6-15(14)12-17/h7-10,12-13,21H,2-6,11H2,1H3. The van der Waals surface area contributed by atoms with Crippen LogP contribution in [0.4, 0.5) is 5.69 Å². The van der Waals surface area contributed by atoms with Crippen LogP contribution in [0.3, 0.4) is 0 Å². The first-order valence-corrected chi connectivity index (χ1v) is 11.6. The normalized spacial score (nSPS) is 14.3. The largest absolute Gasteiger partial charge is 0.308 e. The number of benzene rings is 2. The molecule has 0 bridgehead atoms. The molecule has 1 heterocycles. The number of sulfonamides is 1. The fraction of sp³-hybridized carbons (Fsp3) is 0.350. The minimum atomic E-state index is -3.66. The number of nitrogens with one attached hydrogen (secondary N) is 1. The molecule has 3 aromatic rings. The molecule has 0 radical (unpaired) electrons. The third kappa shape index (κ3) is 3.53. The van der Waals surface area contributed by atoms with Gasteiger partial charge in [-0.15, -0.1) is 0 Å². The van der Waals surface area contributed by atoms with Crippen LogP contribution < -0.4 is 9.60 Å². The van der Waals surface area contributed by atoms with Crippen molar-refractivity contribution in [3.05, 3.63) is 57.2 Å². The van der Waals surface area contributed by atoms with Gasteiger partial charge in [-0.1, -0.05) is 24.3 Å². The van der Waals surface area contributed by atoms with Crippen LogP contribution in [0.1, 0.15) is 37.3 Å². The van der Waals surface area contributed by atoms with Crippen molar-refractivity contribution < 1.29 is 8.42 Å². The lowest BCUT2D eigenvalue weighted by atomic mass is 9.92. The smallest absolute Gasteiger partial charge is 0.299 e. The van der Waals surface area contributed by atoms with Gasteiger partial charge in [-0.2, -0.15) is 0 Å². The van der Waals surface area contributed by atoms with Crippen molar-refractivity contribution in [2.45, 2.75) is 50.5 Å². The summed E-state index contributed by atoms with van der Waals surface area (Å²) < 4.78 is 30.8. The predicted molar refractivity (Wildman–Crippen MR) is 110 cm³/mol. The zero-order valence-electron chi connectivity index (χ0n) is 15.2. The second kappa shape index (κ2) is 7.13. The molecule has 0 saturated carbocycles. The summed E-state index contributed by atoms with van der Waals surface area (Å²) in [4.78, 5) is 12.4. The number of hydrogen-bond donors (Lipinski definition) is 1. The molecular formula is C20H22N2O3S2. The van der Waals surface area contributed by atoms with Gasteiger partial charge in [0, 0.05) is 6.54 Å². The first kappa shape index (κ1) is 18.3. The first-order chi connectivity index (χ1) is 13.0. The number of fused-ring (bicyclic) bond motifs is 2. The molecule has 0 aliphatic heterocycles. The summed E-state index contributed by atoms with van der Waals surface area (Å²) in [6, 6.07) is 10.7. The van der Waals surface area contributed by atoms with Gasteiger partial charge >= 0.3 is 4.87 Å². The molecule has 0 atom stereocenters. The Kier molecular flexibility index (Phi) is 4.82. The van der Waals surface area contributed by atoms with Crippen molar-refractivity contribution in [2.75, 3.05) is 4.72 Å². The maximum absolute atomic E-state index is 12.8. The van der Waals surface area contributed by atoms with E-state index in [-0.39, 0.29) is 4.87 Å². The van der Waals surface area contributed by atoms with E-state index in [1.807, 2.05) is 19.1 Å². The molecule has 27 heavy (non-hydrogen) atoms. The minimum absolute atomic E-state index is 0.0125. The molecule has 0 unspecified atom stereocenters. The third-order valence-corrected chi connectivity index (χ3v) is 7.32. The predicted octanol–water partition coefficient (Wildman–Crippen LogP) is 4.15. The van der Waals surface area contributed by atoms with Crippen molar-refractivity contribution in [1.29, 1.82) is 0 Å². The highest BCUT2D eigenvalue weighted by Crippen LogP contribution is 2.27. The molecule has 5 nitrogen and oxygen atoms in total. The second-order valence-corrected chi connectivity index (χ2v) is 9.62. The van der Waals surface area contributed by atoms with Gasteiger partial charge in [0.1, 0.15) is 0 Å². The summed E-state index contributed by atoms with van der Waals surface area (Å²) in [6.45, 7) is 2.69. The number of anilines is 1. The van der Waals surface area contributed by atoms with Gasteiger partial charge in [-0.05, 0) is 73.6 Å². The zero-order valence-corrected chi connectivity index (χ0v) is 16.8. The molecule has 0 amide bonds. The number of aromatic nitrogens is 1. The molecule has 0 spiro atoms. The molecule has 1 aliphatic carbocycles. The Morgan fingerprint density at radius 3 is 2.63 bits per heavy atom. The van der Waals surface area contributed by atoms with Gasteiger partial charge in [-0.3, -0.25) is 14.1 Å². The number of hydrogen-bond acceptors (Lipinski definition) is 4. The van der Waals surface area contributed by atoms with Crippen LogP contribution >= 0.6 is 11.3 Å². The third-order valence-electron chi connectivity index (χ3n) is 5.00. The molecule has 142 valence electrons. The van der Waals surface area contributed by atoms with Crippen molar-refractivity contribution in [3.8, 4) is 0 Å². The molecule has 4 rings (SSSR count). The van der Waals surface area contributed by atoms with Crippen molar-refractivity contribution in [2.24, 2.45) is 0 Å². The Morgan fingerprint density at radius 1 is 1.07 bits per heavy atom. The van der Waals surface area contributed by atoms with E-state index < -0.39 is 10.0 Å². The number of nitrogens with zero attached hydrogens (tertiary/aromatic N) is 1. The maximum atomic E-state index is 12.8. The lowest BCUT2D eigenvalue weighted by molar-refractivity contribution is 0.600. The second-order valence-electron chi connectivity index (χ2n) is 6.95. The molecule has 1 N–H and O–H groups in total. The van der Waals surface area contributed by atoms with Crippen LogP contribution in [0.25, 0.3) is 10.2 Å². The SMILES string of the molecule is CCCn1c(=O)sc2cc(NS(=O)(=O)c3ccc4c(c3)CCCC4)ccc21. The monoisotopic (exact) mass is 402 g/mol. The number of rotatable bonds is 5. The molecule has 2 aromatic carbocycles. The van der Waals surface area contributed by atoms with Crippen LogP contribution in [0.15, 0.2) is 46.1 Å². The highest BCUT2D eigenvalue weighted by molar-refractivity contribution is 7.92. The van der Waals surface area contributed by atoms with Crippen LogP contribution in [0.2, 0.25) is 0 Å². The van der Waals surface area contributed by atoms with E-state index in [1.165, 1.54) is 5.56 Å². The van der Waals surface area contributed by atoms with Gasteiger partial charge in [0.05, 0.1) is 20.8 Å². The Balaban J connectivity index is 1.65. The summed E-state index contributed by atoms with van der Waals surface area (Å²) in [5, 5.41) is 0. The average molecular weight is 403 g/mol. The topological polar surface area (TPSA) is 68.2 Å². The maximum Gasteiger partial charge on any atom is 0.308 e. The van der Waals surface area contributed by atoms with E-state index in [0.29, 0.717) is 17.1 Å².